The smallest absolute Gasteiger partial charge is 0.0521 e. The number of benzene rings is 1. The molecular weight excluding hydrogens is 160 g/mol. The van der Waals surface area contributed by atoms with Crippen LogP contribution in [0.1, 0.15) is 5.56 Å². The number of halogens is 1. The summed E-state index contributed by atoms with van der Waals surface area (Å²) < 4.78 is 0. The Morgan fingerprint density at radius 3 is 3.18 bits per heavy atom. The lowest BCUT2D eigenvalue weighted by molar-refractivity contribution is 0.747. The van der Waals surface area contributed by atoms with Crippen LogP contribution < -0.4 is 10.9 Å². The lowest BCUT2D eigenvalue weighted by Gasteiger charge is -2.18. The van der Waals surface area contributed by atoms with E-state index in [1.54, 1.807) is 0 Å². The van der Waals surface area contributed by atoms with Gasteiger partial charge in [-0.3, -0.25) is 0 Å². The Balaban J connectivity index is 2.43. The molecule has 2 rings (SSSR count). The molecule has 1 aliphatic rings. The Morgan fingerprint density at radius 2 is 2.27 bits per heavy atom. The fourth-order valence-electron chi connectivity index (χ4n) is 1.25. The van der Waals surface area contributed by atoms with Gasteiger partial charge in [0.2, 0.25) is 0 Å². The number of hydrogen-bond donors (Lipinski definition) is 2. The van der Waals surface area contributed by atoms with Gasteiger partial charge in [-0.15, -0.1) is 0 Å². The summed E-state index contributed by atoms with van der Waals surface area (Å²) in [6.45, 7) is 0.966. The molecule has 1 aromatic carbocycles. The number of fused-ring (bicyclic) bond motifs is 1. The van der Waals surface area contributed by atoms with E-state index < -0.39 is 0 Å². The Kier molecular flexibility index (Phi) is 1.72. The molecule has 0 amide bonds. The van der Waals surface area contributed by atoms with Crippen molar-refractivity contribution in [3.8, 4) is 0 Å². The first-order valence-electron chi connectivity index (χ1n) is 3.63. The first-order chi connectivity index (χ1) is 5.36. The predicted octanol–water partition coefficient (Wildman–Crippen LogP) is 1.81. The van der Waals surface area contributed by atoms with Gasteiger partial charge < -0.3 is 5.43 Å². The highest BCUT2D eigenvalue weighted by Gasteiger charge is 2.06. The number of rotatable bonds is 0. The maximum Gasteiger partial charge on any atom is 0.0521 e. The van der Waals surface area contributed by atoms with Crippen LogP contribution in [0.2, 0.25) is 5.02 Å². The number of nitrogens with one attached hydrogen (secondary N) is 2. The van der Waals surface area contributed by atoms with E-state index in [4.69, 9.17) is 11.6 Å². The molecule has 0 aliphatic carbocycles. The Bertz CT molecular complexity index is 273. The van der Waals surface area contributed by atoms with Crippen LogP contribution in [0, 0.1) is 0 Å². The first kappa shape index (κ1) is 6.95. The fraction of sp³-hybridized carbons (Fsp3) is 0.250. The topological polar surface area (TPSA) is 24.1 Å². The van der Waals surface area contributed by atoms with Crippen molar-refractivity contribution in [3.63, 3.8) is 0 Å². The average molecular weight is 169 g/mol. The van der Waals surface area contributed by atoms with Crippen molar-refractivity contribution >= 4 is 17.3 Å². The van der Waals surface area contributed by atoms with Gasteiger partial charge in [-0.1, -0.05) is 11.6 Å². The van der Waals surface area contributed by atoms with E-state index in [0.717, 1.165) is 23.7 Å². The van der Waals surface area contributed by atoms with Gasteiger partial charge in [0.25, 0.3) is 0 Å². The Hall–Kier alpha value is -0.730. The number of hydrazine groups is 1. The van der Waals surface area contributed by atoms with Crippen molar-refractivity contribution in [1.29, 1.82) is 0 Å². The third-order valence-electron chi connectivity index (χ3n) is 1.81. The van der Waals surface area contributed by atoms with Gasteiger partial charge in [-0.2, -0.15) is 0 Å². The minimum absolute atomic E-state index is 0.812. The maximum atomic E-state index is 5.83. The van der Waals surface area contributed by atoms with E-state index in [1.807, 2.05) is 18.2 Å². The molecule has 0 radical (unpaired) electrons. The highest BCUT2D eigenvalue weighted by molar-refractivity contribution is 6.30. The van der Waals surface area contributed by atoms with Gasteiger partial charge >= 0.3 is 0 Å². The minimum atomic E-state index is 0.812. The first-order valence-corrected chi connectivity index (χ1v) is 4.01. The molecule has 2 N–H and O–H groups in total. The van der Waals surface area contributed by atoms with E-state index in [0.29, 0.717) is 0 Å². The zero-order valence-corrected chi connectivity index (χ0v) is 6.78. The molecule has 58 valence electrons. The summed E-state index contributed by atoms with van der Waals surface area (Å²) in [7, 11) is 0. The van der Waals surface area contributed by atoms with Gasteiger partial charge in [0.1, 0.15) is 0 Å². The van der Waals surface area contributed by atoms with Crippen molar-refractivity contribution in [3.05, 3.63) is 28.8 Å². The second-order valence-electron chi connectivity index (χ2n) is 2.60. The molecule has 0 bridgehead atoms. The van der Waals surface area contributed by atoms with E-state index >= 15 is 0 Å². The highest BCUT2D eigenvalue weighted by Crippen LogP contribution is 2.21. The maximum absolute atomic E-state index is 5.83. The third kappa shape index (κ3) is 1.32. The Morgan fingerprint density at radius 1 is 1.36 bits per heavy atom. The molecule has 0 saturated carbocycles. The molecule has 0 atom stereocenters. The summed E-state index contributed by atoms with van der Waals surface area (Å²) in [5, 5.41) is 0.812. The number of anilines is 1. The van der Waals surface area contributed by atoms with Crippen molar-refractivity contribution in [2.75, 3.05) is 12.0 Å². The van der Waals surface area contributed by atoms with E-state index in [2.05, 4.69) is 10.9 Å². The van der Waals surface area contributed by atoms with Crippen molar-refractivity contribution in [1.82, 2.24) is 5.43 Å². The highest BCUT2D eigenvalue weighted by atomic mass is 35.5. The zero-order chi connectivity index (χ0) is 7.68. The van der Waals surface area contributed by atoms with Gasteiger partial charge in [-0.05, 0) is 30.2 Å². The van der Waals surface area contributed by atoms with Crippen molar-refractivity contribution in [2.24, 2.45) is 0 Å². The third-order valence-corrected chi connectivity index (χ3v) is 2.04. The summed E-state index contributed by atoms with van der Waals surface area (Å²) in [6, 6.07) is 5.88. The molecule has 3 heteroatoms. The largest absolute Gasteiger partial charge is 0.321 e. The molecule has 0 aromatic heterocycles. The lowest BCUT2D eigenvalue weighted by Crippen LogP contribution is -2.29. The lowest BCUT2D eigenvalue weighted by atomic mass is 10.1. The van der Waals surface area contributed by atoms with E-state index in [9.17, 15) is 0 Å². The minimum Gasteiger partial charge on any atom is -0.321 e. The van der Waals surface area contributed by atoms with Crippen molar-refractivity contribution in [2.45, 2.75) is 6.42 Å². The van der Waals surface area contributed by atoms with Gasteiger partial charge in [0.05, 0.1) is 5.69 Å². The van der Waals surface area contributed by atoms with Gasteiger partial charge in [0.15, 0.2) is 0 Å². The second-order valence-corrected chi connectivity index (χ2v) is 3.04. The van der Waals surface area contributed by atoms with Crippen LogP contribution in [0.15, 0.2) is 18.2 Å². The van der Waals surface area contributed by atoms with E-state index in [-0.39, 0.29) is 0 Å². The van der Waals surface area contributed by atoms with Gasteiger partial charge in [0, 0.05) is 11.6 Å². The SMILES string of the molecule is Clc1ccc2c(c1)CCNN2. The molecule has 2 nitrogen and oxygen atoms in total. The van der Waals surface area contributed by atoms with Crippen LogP contribution in [0.4, 0.5) is 5.69 Å². The molecule has 0 fully saturated rings. The predicted molar refractivity (Wildman–Crippen MR) is 46.8 cm³/mol. The standard InChI is InChI=1S/C8H9ClN2/c9-7-1-2-8-6(5-7)3-4-10-11-8/h1-2,5,10-11H,3-4H2. The molecule has 0 unspecified atom stereocenters. The Labute approximate surface area is 70.5 Å². The zero-order valence-electron chi connectivity index (χ0n) is 6.02. The fourth-order valence-corrected chi connectivity index (χ4v) is 1.44. The quantitative estimate of drug-likeness (QED) is 0.618. The van der Waals surface area contributed by atoms with E-state index in [1.165, 1.54) is 5.56 Å². The average Bonchev–Trinajstić information content (AvgIpc) is 2.04. The van der Waals surface area contributed by atoms with Crippen LogP contribution in [-0.4, -0.2) is 6.54 Å². The van der Waals surface area contributed by atoms with Crippen LogP contribution in [-0.2, 0) is 6.42 Å². The van der Waals surface area contributed by atoms with Crippen LogP contribution in [0.25, 0.3) is 0 Å². The molecule has 1 aromatic rings. The van der Waals surface area contributed by atoms with Crippen LogP contribution in [0.5, 0.6) is 0 Å². The van der Waals surface area contributed by atoms with Crippen LogP contribution in [0.3, 0.4) is 0 Å². The summed E-state index contributed by atoms with van der Waals surface area (Å²) >= 11 is 5.83. The second kappa shape index (κ2) is 2.72. The molecule has 0 spiro atoms. The molecule has 0 saturated heterocycles. The number of hydrogen-bond acceptors (Lipinski definition) is 2. The molecule has 1 heterocycles. The summed E-state index contributed by atoms with van der Waals surface area (Å²) in [6.07, 6.45) is 1.04. The molecule has 11 heavy (non-hydrogen) atoms. The molecular formula is C8H9ClN2. The van der Waals surface area contributed by atoms with Crippen molar-refractivity contribution < 1.29 is 0 Å². The molecule has 1 aliphatic heterocycles. The van der Waals surface area contributed by atoms with Crippen LogP contribution >= 0.6 is 11.6 Å². The summed E-state index contributed by atoms with van der Waals surface area (Å²) in [5.41, 5.74) is 8.58. The normalized spacial score (nSPS) is 15.4. The monoisotopic (exact) mass is 168 g/mol. The van der Waals surface area contributed by atoms with Gasteiger partial charge in [-0.25, -0.2) is 5.43 Å². The summed E-state index contributed by atoms with van der Waals surface area (Å²) in [5.74, 6) is 0. The summed E-state index contributed by atoms with van der Waals surface area (Å²) in [4.78, 5) is 0.